The Balaban J connectivity index is 1.59. The van der Waals surface area contributed by atoms with Crippen molar-refractivity contribution in [1.82, 2.24) is 10.6 Å². The molecule has 2 N–H and O–H groups in total. The third kappa shape index (κ3) is 6.03. The summed E-state index contributed by atoms with van der Waals surface area (Å²) in [5.41, 5.74) is 2.21. The van der Waals surface area contributed by atoms with Crippen LogP contribution in [0.3, 0.4) is 0 Å². The molecular weight excluding hydrogens is 520 g/mol. The first-order valence-electron chi connectivity index (χ1n) is 10.7. The van der Waals surface area contributed by atoms with Crippen LogP contribution in [0.1, 0.15) is 28.1 Å². The zero-order valence-corrected chi connectivity index (χ0v) is 20.8. The van der Waals surface area contributed by atoms with Gasteiger partial charge in [0.15, 0.2) is 9.84 Å². The van der Waals surface area contributed by atoms with Crippen molar-refractivity contribution in [1.29, 1.82) is 0 Å². The number of aryl methyl sites for hydroxylation is 1. The number of carbonyl (C=O) groups is 2. The molecule has 2 heterocycles. The van der Waals surface area contributed by atoms with Gasteiger partial charge in [-0.15, -0.1) is 0 Å². The van der Waals surface area contributed by atoms with Gasteiger partial charge in [-0.05, 0) is 49.7 Å². The smallest absolute Gasteiger partial charge is 0.268 e. The molecule has 0 spiro atoms. The standard InChI is InChI=1S/C25H23BrN2O5S/c1-16-2-4-18(5-3-16)24(29)28-22(25(30)27-20-12-13-34(31,32)15-20)14-21-10-11-23(33-21)17-6-8-19(26)9-7-17/h2-11,14,20H,12-13,15H2,1H3,(H,27,30)(H,28,29)/b22-14-. The number of sulfone groups is 1. The van der Waals surface area contributed by atoms with E-state index in [1.54, 1.807) is 36.4 Å². The third-order valence-electron chi connectivity index (χ3n) is 5.42. The van der Waals surface area contributed by atoms with Crippen molar-refractivity contribution >= 4 is 43.7 Å². The second kappa shape index (κ2) is 9.99. The van der Waals surface area contributed by atoms with Crippen LogP contribution in [-0.4, -0.2) is 37.8 Å². The van der Waals surface area contributed by atoms with Crippen LogP contribution in [0, 0.1) is 6.92 Å². The molecule has 0 bridgehead atoms. The van der Waals surface area contributed by atoms with E-state index >= 15 is 0 Å². The summed E-state index contributed by atoms with van der Waals surface area (Å²) in [6.45, 7) is 1.91. The Kier molecular flexibility index (Phi) is 7.04. The number of halogens is 1. The maximum absolute atomic E-state index is 13.0. The first kappa shape index (κ1) is 24.0. The van der Waals surface area contributed by atoms with Gasteiger partial charge in [0.2, 0.25) is 0 Å². The predicted molar refractivity (Wildman–Crippen MR) is 134 cm³/mol. The number of nitrogens with one attached hydrogen (secondary N) is 2. The SMILES string of the molecule is Cc1ccc(C(=O)N/C(=C\c2ccc(-c3ccc(Br)cc3)o2)C(=O)NC2CCS(=O)(=O)C2)cc1. The largest absolute Gasteiger partial charge is 0.457 e. The van der Waals surface area contributed by atoms with Crippen LogP contribution < -0.4 is 10.6 Å². The lowest BCUT2D eigenvalue weighted by atomic mass is 10.1. The molecule has 0 radical (unpaired) electrons. The molecule has 1 fully saturated rings. The Morgan fingerprint density at radius 3 is 2.38 bits per heavy atom. The van der Waals surface area contributed by atoms with Crippen molar-refractivity contribution in [2.24, 2.45) is 0 Å². The third-order valence-corrected chi connectivity index (χ3v) is 7.71. The molecule has 9 heteroatoms. The Hall–Kier alpha value is -3.17. The fraction of sp³-hybridized carbons (Fsp3) is 0.200. The minimum absolute atomic E-state index is 0.0292. The minimum atomic E-state index is -3.17. The number of carbonyl (C=O) groups excluding carboxylic acids is 2. The van der Waals surface area contributed by atoms with E-state index in [1.165, 1.54) is 6.08 Å². The molecule has 34 heavy (non-hydrogen) atoms. The lowest BCUT2D eigenvalue weighted by Gasteiger charge is -2.14. The van der Waals surface area contributed by atoms with Gasteiger partial charge < -0.3 is 15.1 Å². The first-order chi connectivity index (χ1) is 16.2. The van der Waals surface area contributed by atoms with Gasteiger partial charge in [-0.25, -0.2) is 8.42 Å². The number of furan rings is 1. The Bertz CT molecular complexity index is 1340. The molecule has 0 saturated carbocycles. The molecule has 1 aliphatic rings. The lowest BCUT2D eigenvalue weighted by molar-refractivity contribution is -0.118. The van der Waals surface area contributed by atoms with E-state index in [-0.39, 0.29) is 17.2 Å². The molecule has 4 rings (SSSR count). The summed E-state index contributed by atoms with van der Waals surface area (Å²) in [6.07, 6.45) is 1.77. The average molecular weight is 543 g/mol. The Labute approximate surface area is 206 Å². The summed E-state index contributed by atoms with van der Waals surface area (Å²) in [7, 11) is -3.17. The maximum atomic E-state index is 13.0. The normalized spacial score (nSPS) is 17.4. The fourth-order valence-corrected chi connectivity index (χ4v) is 5.51. The predicted octanol–water partition coefficient (Wildman–Crippen LogP) is 4.09. The van der Waals surface area contributed by atoms with Gasteiger partial charge >= 0.3 is 0 Å². The summed E-state index contributed by atoms with van der Waals surface area (Å²) in [5, 5.41) is 5.36. The second-order valence-corrected chi connectivity index (χ2v) is 11.3. The summed E-state index contributed by atoms with van der Waals surface area (Å²) in [6, 6.07) is 17.5. The van der Waals surface area contributed by atoms with Crippen molar-refractivity contribution < 1.29 is 22.4 Å². The minimum Gasteiger partial charge on any atom is -0.457 e. The molecular formula is C25H23BrN2O5S. The van der Waals surface area contributed by atoms with Crippen LogP contribution in [0.4, 0.5) is 0 Å². The monoisotopic (exact) mass is 542 g/mol. The average Bonchev–Trinajstić information content (AvgIpc) is 3.40. The summed E-state index contributed by atoms with van der Waals surface area (Å²) in [5.74, 6) is -0.158. The summed E-state index contributed by atoms with van der Waals surface area (Å²) in [4.78, 5) is 25.8. The van der Waals surface area contributed by atoms with E-state index in [1.807, 2.05) is 31.2 Å². The molecule has 2 aromatic carbocycles. The van der Waals surface area contributed by atoms with Crippen molar-refractivity contribution in [3.05, 3.63) is 87.7 Å². The second-order valence-electron chi connectivity index (χ2n) is 8.16. The van der Waals surface area contributed by atoms with Crippen LogP contribution in [-0.2, 0) is 14.6 Å². The van der Waals surface area contributed by atoms with Gasteiger partial charge in [-0.2, -0.15) is 0 Å². The van der Waals surface area contributed by atoms with E-state index in [2.05, 4.69) is 26.6 Å². The number of hydrogen-bond acceptors (Lipinski definition) is 5. The fourth-order valence-electron chi connectivity index (χ4n) is 3.57. The van der Waals surface area contributed by atoms with E-state index in [0.29, 0.717) is 23.5 Å². The highest BCUT2D eigenvalue weighted by molar-refractivity contribution is 9.10. The van der Waals surface area contributed by atoms with Crippen molar-refractivity contribution in [2.45, 2.75) is 19.4 Å². The first-order valence-corrected chi connectivity index (χ1v) is 13.3. The summed E-state index contributed by atoms with van der Waals surface area (Å²) >= 11 is 3.40. The van der Waals surface area contributed by atoms with E-state index < -0.39 is 27.7 Å². The van der Waals surface area contributed by atoms with E-state index in [0.717, 1.165) is 15.6 Å². The topological polar surface area (TPSA) is 105 Å². The van der Waals surface area contributed by atoms with Gasteiger partial charge in [0, 0.05) is 27.7 Å². The molecule has 0 aliphatic carbocycles. The molecule has 7 nitrogen and oxygen atoms in total. The zero-order valence-electron chi connectivity index (χ0n) is 18.4. The van der Waals surface area contributed by atoms with Gasteiger partial charge in [0.05, 0.1) is 11.5 Å². The van der Waals surface area contributed by atoms with Gasteiger partial charge in [-0.1, -0.05) is 45.8 Å². The van der Waals surface area contributed by atoms with Gasteiger partial charge in [0.25, 0.3) is 11.8 Å². The highest BCUT2D eigenvalue weighted by Crippen LogP contribution is 2.25. The van der Waals surface area contributed by atoms with Gasteiger partial charge in [-0.3, -0.25) is 9.59 Å². The number of rotatable bonds is 6. The van der Waals surface area contributed by atoms with E-state index in [4.69, 9.17) is 4.42 Å². The highest BCUT2D eigenvalue weighted by atomic mass is 79.9. The quantitative estimate of drug-likeness (QED) is 0.456. The molecule has 1 aliphatic heterocycles. The number of hydrogen-bond donors (Lipinski definition) is 2. The van der Waals surface area contributed by atoms with Crippen LogP contribution in [0.25, 0.3) is 17.4 Å². The highest BCUT2D eigenvalue weighted by Gasteiger charge is 2.30. The molecule has 3 aromatic rings. The van der Waals surface area contributed by atoms with Crippen LogP contribution in [0.2, 0.25) is 0 Å². The molecule has 1 atom stereocenters. The zero-order chi connectivity index (χ0) is 24.3. The Morgan fingerprint density at radius 1 is 1.03 bits per heavy atom. The van der Waals surface area contributed by atoms with Crippen molar-refractivity contribution in [2.75, 3.05) is 11.5 Å². The van der Waals surface area contributed by atoms with Gasteiger partial charge in [0.1, 0.15) is 17.2 Å². The Morgan fingerprint density at radius 2 is 1.74 bits per heavy atom. The maximum Gasteiger partial charge on any atom is 0.268 e. The van der Waals surface area contributed by atoms with Crippen LogP contribution >= 0.6 is 15.9 Å². The van der Waals surface area contributed by atoms with Crippen LogP contribution in [0.5, 0.6) is 0 Å². The van der Waals surface area contributed by atoms with Crippen LogP contribution in [0.15, 0.2) is 75.3 Å². The molecule has 2 amide bonds. The molecule has 176 valence electrons. The van der Waals surface area contributed by atoms with E-state index in [9.17, 15) is 18.0 Å². The molecule has 1 saturated heterocycles. The number of amides is 2. The van der Waals surface area contributed by atoms with Crippen molar-refractivity contribution in [3.63, 3.8) is 0 Å². The summed E-state index contributed by atoms with van der Waals surface area (Å²) < 4.78 is 30.4. The molecule has 1 unspecified atom stereocenters. The number of benzene rings is 2. The molecule has 1 aromatic heterocycles. The lowest BCUT2D eigenvalue weighted by Crippen LogP contribution is -2.41. The van der Waals surface area contributed by atoms with Crippen molar-refractivity contribution in [3.8, 4) is 11.3 Å².